The Kier molecular flexibility index (Phi) is 2.81. The topological polar surface area (TPSA) is 46.5 Å². The van der Waals surface area contributed by atoms with E-state index in [-0.39, 0.29) is 17.7 Å². The van der Waals surface area contributed by atoms with Crippen LogP contribution in [0.1, 0.15) is 12.0 Å². The van der Waals surface area contributed by atoms with Gasteiger partial charge in [-0.15, -0.1) is 0 Å². The third-order valence-corrected chi connectivity index (χ3v) is 2.83. The minimum atomic E-state index is -0.760. The second-order valence-electron chi connectivity index (χ2n) is 4.16. The zero-order chi connectivity index (χ0) is 11.7. The summed E-state index contributed by atoms with van der Waals surface area (Å²) in [4.78, 5) is 10.6. The number of carbonyl (C=O) groups is 1. The number of halogens is 1. The quantitative estimate of drug-likeness (QED) is 0.853. The normalized spacial score (nSPS) is 22.9. The van der Waals surface area contributed by atoms with E-state index in [2.05, 4.69) is 0 Å². The standard InChI is InChI=1S/C12H13FO3/c1-7-4-9(13)2-3-11(7)16-6-8-5-10(8)12(14)15/h2-4,8,10H,5-6H2,1H3,(H,14,15)/t8-,10+/m0/s1. The Morgan fingerprint density at radius 1 is 1.62 bits per heavy atom. The van der Waals surface area contributed by atoms with Gasteiger partial charge in [0.1, 0.15) is 11.6 Å². The summed E-state index contributed by atoms with van der Waals surface area (Å²) >= 11 is 0. The van der Waals surface area contributed by atoms with Crippen molar-refractivity contribution in [2.75, 3.05) is 6.61 Å². The molecule has 1 N–H and O–H groups in total. The average molecular weight is 224 g/mol. The first-order valence-corrected chi connectivity index (χ1v) is 5.19. The van der Waals surface area contributed by atoms with Crippen LogP contribution in [0.2, 0.25) is 0 Å². The predicted molar refractivity (Wildman–Crippen MR) is 55.9 cm³/mol. The Morgan fingerprint density at radius 3 is 2.94 bits per heavy atom. The summed E-state index contributed by atoms with van der Waals surface area (Å²) in [6.45, 7) is 2.16. The molecule has 0 spiro atoms. The van der Waals surface area contributed by atoms with Crippen LogP contribution in [-0.4, -0.2) is 17.7 Å². The molecule has 1 saturated carbocycles. The van der Waals surface area contributed by atoms with Crippen LogP contribution in [0, 0.1) is 24.6 Å². The molecule has 1 aromatic carbocycles. The van der Waals surface area contributed by atoms with Gasteiger partial charge in [-0.2, -0.15) is 0 Å². The number of benzene rings is 1. The van der Waals surface area contributed by atoms with Crippen LogP contribution in [-0.2, 0) is 4.79 Å². The maximum Gasteiger partial charge on any atom is 0.306 e. The molecule has 0 aliphatic heterocycles. The van der Waals surface area contributed by atoms with E-state index in [0.29, 0.717) is 18.8 Å². The average Bonchev–Trinajstić information content (AvgIpc) is 2.96. The second-order valence-corrected chi connectivity index (χ2v) is 4.16. The van der Waals surface area contributed by atoms with Crippen molar-refractivity contribution in [1.82, 2.24) is 0 Å². The molecule has 16 heavy (non-hydrogen) atoms. The van der Waals surface area contributed by atoms with Crippen LogP contribution >= 0.6 is 0 Å². The van der Waals surface area contributed by atoms with Gasteiger partial charge in [0, 0.05) is 5.92 Å². The number of rotatable bonds is 4. The van der Waals surface area contributed by atoms with Crippen molar-refractivity contribution in [1.29, 1.82) is 0 Å². The maximum absolute atomic E-state index is 12.8. The Balaban J connectivity index is 1.89. The summed E-state index contributed by atoms with van der Waals surface area (Å²) in [7, 11) is 0. The van der Waals surface area contributed by atoms with Crippen molar-refractivity contribution in [3.8, 4) is 5.75 Å². The van der Waals surface area contributed by atoms with E-state index in [1.54, 1.807) is 13.0 Å². The van der Waals surface area contributed by atoms with Crippen LogP contribution in [0.4, 0.5) is 4.39 Å². The minimum absolute atomic E-state index is 0.0990. The highest BCUT2D eigenvalue weighted by atomic mass is 19.1. The molecule has 1 aromatic rings. The Labute approximate surface area is 92.9 Å². The summed E-state index contributed by atoms with van der Waals surface area (Å²) < 4.78 is 18.3. The molecule has 0 radical (unpaired) electrons. The monoisotopic (exact) mass is 224 g/mol. The molecule has 3 nitrogen and oxygen atoms in total. The van der Waals surface area contributed by atoms with E-state index in [1.807, 2.05) is 0 Å². The van der Waals surface area contributed by atoms with E-state index >= 15 is 0 Å². The van der Waals surface area contributed by atoms with Crippen molar-refractivity contribution in [2.24, 2.45) is 11.8 Å². The molecular formula is C12H13FO3. The van der Waals surface area contributed by atoms with Gasteiger partial charge < -0.3 is 9.84 Å². The highest BCUT2D eigenvalue weighted by Crippen LogP contribution is 2.39. The lowest BCUT2D eigenvalue weighted by molar-refractivity contribution is -0.138. The molecule has 0 saturated heterocycles. The lowest BCUT2D eigenvalue weighted by atomic mass is 10.2. The number of aliphatic carboxylic acids is 1. The van der Waals surface area contributed by atoms with Crippen LogP contribution in [0.15, 0.2) is 18.2 Å². The zero-order valence-electron chi connectivity index (χ0n) is 8.94. The van der Waals surface area contributed by atoms with Gasteiger partial charge in [-0.25, -0.2) is 4.39 Å². The molecule has 86 valence electrons. The SMILES string of the molecule is Cc1cc(F)ccc1OC[C@@H]1C[C@H]1C(=O)O. The molecule has 2 atom stereocenters. The molecule has 0 unspecified atom stereocenters. The molecule has 0 aromatic heterocycles. The van der Waals surface area contributed by atoms with E-state index in [0.717, 1.165) is 5.56 Å². The molecule has 1 aliphatic carbocycles. The van der Waals surface area contributed by atoms with E-state index in [9.17, 15) is 9.18 Å². The van der Waals surface area contributed by atoms with Crippen molar-refractivity contribution >= 4 is 5.97 Å². The van der Waals surface area contributed by atoms with Gasteiger partial charge in [-0.05, 0) is 37.1 Å². The first-order valence-electron chi connectivity index (χ1n) is 5.19. The molecule has 4 heteroatoms. The lowest BCUT2D eigenvalue weighted by Gasteiger charge is -2.08. The fourth-order valence-electron chi connectivity index (χ4n) is 1.71. The van der Waals surface area contributed by atoms with Gasteiger partial charge >= 0.3 is 5.97 Å². The summed E-state index contributed by atoms with van der Waals surface area (Å²) in [6.07, 6.45) is 0.676. The lowest BCUT2D eigenvalue weighted by Crippen LogP contribution is -2.06. The second kappa shape index (κ2) is 4.12. The van der Waals surface area contributed by atoms with Crippen molar-refractivity contribution in [3.63, 3.8) is 0 Å². The van der Waals surface area contributed by atoms with Crippen molar-refractivity contribution in [3.05, 3.63) is 29.6 Å². The van der Waals surface area contributed by atoms with E-state index in [4.69, 9.17) is 9.84 Å². The molecular weight excluding hydrogens is 211 g/mol. The number of ether oxygens (including phenoxy) is 1. The Morgan fingerprint density at radius 2 is 2.38 bits per heavy atom. The van der Waals surface area contributed by atoms with Crippen molar-refractivity contribution < 1.29 is 19.0 Å². The van der Waals surface area contributed by atoms with Gasteiger partial charge in [0.25, 0.3) is 0 Å². The summed E-state index contributed by atoms with van der Waals surface area (Å²) in [5.41, 5.74) is 0.729. The molecule has 2 rings (SSSR count). The minimum Gasteiger partial charge on any atom is -0.493 e. The van der Waals surface area contributed by atoms with Gasteiger partial charge in [0.2, 0.25) is 0 Å². The molecule has 1 aliphatic rings. The smallest absolute Gasteiger partial charge is 0.306 e. The Bertz CT molecular complexity index is 417. The third-order valence-electron chi connectivity index (χ3n) is 2.83. The summed E-state index contributed by atoms with van der Waals surface area (Å²) in [6, 6.07) is 4.31. The third kappa shape index (κ3) is 2.32. The van der Waals surface area contributed by atoms with E-state index < -0.39 is 5.97 Å². The van der Waals surface area contributed by atoms with Gasteiger partial charge in [-0.3, -0.25) is 4.79 Å². The molecule has 0 heterocycles. The highest BCUT2D eigenvalue weighted by Gasteiger charge is 2.43. The van der Waals surface area contributed by atoms with Crippen LogP contribution in [0.3, 0.4) is 0 Å². The van der Waals surface area contributed by atoms with Gasteiger partial charge in [0.05, 0.1) is 12.5 Å². The molecule has 0 bridgehead atoms. The maximum atomic E-state index is 12.8. The number of hydrogen-bond donors (Lipinski definition) is 1. The number of carboxylic acids is 1. The zero-order valence-corrected chi connectivity index (χ0v) is 8.94. The van der Waals surface area contributed by atoms with E-state index in [1.165, 1.54) is 12.1 Å². The van der Waals surface area contributed by atoms with Crippen molar-refractivity contribution in [2.45, 2.75) is 13.3 Å². The largest absolute Gasteiger partial charge is 0.493 e. The van der Waals surface area contributed by atoms with Crippen LogP contribution in [0.25, 0.3) is 0 Å². The number of hydrogen-bond acceptors (Lipinski definition) is 2. The predicted octanol–water partition coefficient (Wildman–Crippen LogP) is 2.23. The fourth-order valence-corrected chi connectivity index (χ4v) is 1.71. The number of aryl methyl sites for hydroxylation is 1. The summed E-state index contributed by atoms with van der Waals surface area (Å²) in [5, 5.41) is 8.71. The molecule has 0 amide bonds. The van der Waals surface area contributed by atoms with Gasteiger partial charge in [-0.1, -0.05) is 0 Å². The fraction of sp³-hybridized carbons (Fsp3) is 0.417. The first-order chi connectivity index (χ1) is 7.58. The van der Waals surface area contributed by atoms with Crippen LogP contribution in [0.5, 0.6) is 5.75 Å². The van der Waals surface area contributed by atoms with Crippen LogP contribution < -0.4 is 4.74 Å². The van der Waals surface area contributed by atoms with Gasteiger partial charge in [0.15, 0.2) is 0 Å². The number of carboxylic acid groups (broad SMARTS) is 1. The first kappa shape index (κ1) is 10.9. The summed E-state index contributed by atoms with van der Waals surface area (Å²) in [5.74, 6) is -0.593. The molecule has 1 fully saturated rings. The Hall–Kier alpha value is -1.58. The highest BCUT2D eigenvalue weighted by molar-refractivity contribution is 5.73.